The summed E-state index contributed by atoms with van der Waals surface area (Å²) in [5, 5.41) is 90.1. The topological polar surface area (TPSA) is 638 Å². The Bertz CT molecular complexity index is 4450. The van der Waals surface area contributed by atoms with E-state index in [1.807, 2.05) is 0 Å². The summed E-state index contributed by atoms with van der Waals surface area (Å²) >= 11 is 0. The number of rotatable bonds is 51. The molecule has 0 unspecified atom stereocenters. The number of benzene rings is 3. The molecule has 3 saturated heterocycles. The van der Waals surface area contributed by atoms with Crippen LogP contribution < -0.4 is 28.4 Å². The summed E-state index contributed by atoms with van der Waals surface area (Å²) < 4.78 is 83.7. The van der Waals surface area contributed by atoms with Gasteiger partial charge in [-0.2, -0.15) is 28.8 Å². The van der Waals surface area contributed by atoms with Gasteiger partial charge in [-0.3, -0.25) is 72.2 Å². The van der Waals surface area contributed by atoms with Crippen LogP contribution in [0.15, 0.2) is 91.1 Å². The van der Waals surface area contributed by atoms with Crippen molar-refractivity contribution in [2.24, 2.45) is 16.2 Å². The minimum atomic E-state index is -1.52. The Morgan fingerprint density at radius 3 is 0.816 bits per heavy atom. The first-order valence-corrected chi connectivity index (χ1v) is 45.5. The molecular weight excluding hydrogens is 1870 g/mol. The Morgan fingerprint density at radius 1 is 0.319 bits per heavy atom. The van der Waals surface area contributed by atoms with E-state index in [0.29, 0.717) is 137 Å². The van der Waals surface area contributed by atoms with Crippen LogP contribution in [0.2, 0.25) is 0 Å². The van der Waals surface area contributed by atoms with Gasteiger partial charge in [-0.15, -0.1) is 0 Å². The summed E-state index contributed by atoms with van der Waals surface area (Å²) in [6, 6.07) is 14.5. The number of aliphatic hydroxyl groups is 9. The Morgan fingerprint density at radius 2 is 0.560 bits per heavy atom. The molecule has 3 fully saturated rings. The SMILES string of the molecule is CC(C)(C)C(=O)OCc1ccc(OCCOCCCC(=O)CCCCCN2C(=O)C=CC2=O)cc1O[C@@H]1OC[C@@H](O)[C@H](O)[C@H]1O.CC(C)(C)C(=O)OCc1ccc(OCCOCCCC(=O)CCCCCN2C(=O)C=CC2=O)cc1O[C@@H]1OC[C@@H](O)[C@H](O)[C@H]1O.CC(C)(C)C(=O)OCc1ccc(OCCOCCCC(=O)CCN2C(=O)C=CC2=O)cc1O[C@@H]1OC[C@@H](O)[C@H](O)[C@H]1O.O=C=O.O=C=O.O=C=O. The van der Waals surface area contributed by atoms with Crippen molar-refractivity contribution in [3.8, 4) is 34.5 Å². The maximum Gasteiger partial charge on any atom is 0.373 e. The molecule has 3 aromatic rings. The van der Waals surface area contributed by atoms with E-state index < -0.39 is 120 Å². The number of amides is 6. The summed E-state index contributed by atoms with van der Waals surface area (Å²) in [6.45, 7) is 17.8. The second kappa shape index (κ2) is 63.8. The summed E-state index contributed by atoms with van der Waals surface area (Å²) in [5.41, 5.74) is -0.714. The van der Waals surface area contributed by atoms with Crippen molar-refractivity contribution in [2.75, 3.05) is 98.9 Å². The van der Waals surface area contributed by atoms with Crippen molar-refractivity contribution in [2.45, 2.75) is 252 Å². The third kappa shape index (κ3) is 44.8. The van der Waals surface area contributed by atoms with Crippen molar-refractivity contribution >= 4 is 89.2 Å². The fourth-order valence-electron chi connectivity index (χ4n) is 12.8. The number of carbonyl (C=O) groups excluding carboxylic acids is 18. The predicted octanol–water partition coefficient (Wildman–Crippen LogP) is 2.55. The first-order chi connectivity index (χ1) is 66.8. The predicted molar refractivity (Wildman–Crippen MR) is 478 cm³/mol. The molecular formula is C96H129N3O42. The quantitative estimate of drug-likeness (QED) is 0.0170. The summed E-state index contributed by atoms with van der Waals surface area (Å²) in [6.07, 6.45) is -0.426. The number of aliphatic hydroxyl groups excluding tert-OH is 9. The smallest absolute Gasteiger partial charge is 0.373 e. The Hall–Kier alpha value is -11.9. The number of unbranched alkanes of at least 4 members (excludes halogenated alkanes) is 4. The zero-order chi connectivity index (χ0) is 105. The summed E-state index contributed by atoms with van der Waals surface area (Å²) in [7, 11) is 0. The van der Waals surface area contributed by atoms with E-state index >= 15 is 0 Å². The molecule has 0 saturated carbocycles. The summed E-state index contributed by atoms with van der Waals surface area (Å²) in [4.78, 5) is 194. The number of imide groups is 3. The number of hydrogen-bond donors (Lipinski definition) is 9. The van der Waals surface area contributed by atoms with Crippen molar-refractivity contribution in [1.82, 2.24) is 14.7 Å². The first-order valence-electron chi connectivity index (χ1n) is 45.5. The van der Waals surface area contributed by atoms with Crippen molar-refractivity contribution < 1.29 is 203 Å². The average molecular weight is 2000 g/mol. The number of ketones is 3. The lowest BCUT2D eigenvalue weighted by atomic mass is 9.97. The van der Waals surface area contributed by atoms with Crippen LogP contribution in [0.5, 0.6) is 34.5 Å². The van der Waals surface area contributed by atoms with E-state index in [9.17, 15) is 103 Å². The number of nitrogens with zero attached hydrogens (tertiary/aromatic N) is 3. The average Bonchev–Trinajstić information content (AvgIpc) is 1.37. The lowest BCUT2D eigenvalue weighted by Crippen LogP contribution is -2.54. The molecule has 12 atom stereocenters. The highest BCUT2D eigenvalue weighted by Crippen LogP contribution is 2.35. The molecule has 6 amide bonds. The van der Waals surface area contributed by atoms with Gasteiger partial charge in [-0.1, -0.05) is 12.8 Å². The molecule has 0 radical (unpaired) electrons. The van der Waals surface area contributed by atoms with Gasteiger partial charge in [0.2, 0.25) is 18.9 Å². The third-order valence-corrected chi connectivity index (χ3v) is 20.8. The number of esters is 3. The molecule has 45 nitrogen and oxygen atoms in total. The van der Waals surface area contributed by atoms with Crippen LogP contribution in [0.25, 0.3) is 0 Å². The van der Waals surface area contributed by atoms with Crippen LogP contribution in [0.4, 0.5) is 0 Å². The van der Waals surface area contributed by atoms with Gasteiger partial charge >= 0.3 is 36.4 Å². The van der Waals surface area contributed by atoms with Gasteiger partial charge in [-0.25, -0.2) is 0 Å². The second-order valence-electron chi connectivity index (χ2n) is 35.3. The molecule has 0 bridgehead atoms. The molecule has 0 spiro atoms. The largest absolute Gasteiger partial charge is 0.491 e. The van der Waals surface area contributed by atoms with Crippen molar-refractivity contribution in [1.29, 1.82) is 0 Å². The highest BCUT2D eigenvalue weighted by atomic mass is 16.7. The van der Waals surface area contributed by atoms with Crippen LogP contribution in [0, 0.1) is 16.2 Å². The standard InChI is InChI=1S/2C32H45NO12.C29H39NO12.3CO2/c2*1-32(2,3)31(40)44-19-21-10-11-23(18-25(21)45-30-29(39)28(38)24(35)20-43-30)42-17-16-41-15-7-9-22(34)8-5-4-6-14-33-26(36)12-13-27(33)37;1-29(2,3)28(37)41-16-18-6-7-20(15-22(18)42-27-26(36)25(35)21(32)17-40-27)39-14-13-38-12-4-5-19(31)10-11-30-23(33)8-9-24(30)34;3*2-1-3/h2*10-13,18,24,28-30,35,38-39H,4-9,14-17,19-20H2,1-3H3;6-9,15,21,25-27,32,35-36H,4-5,10-14,16-17H2,1-3H3;;;/t2*24-,28+,29-,30+;21-,25+,26-,27+;;;/m111.../s1. The van der Waals surface area contributed by atoms with Crippen molar-refractivity contribution in [3.05, 3.63) is 108 Å². The monoisotopic (exact) mass is 2000 g/mol. The van der Waals surface area contributed by atoms with Crippen LogP contribution in [-0.4, -0.2) is 323 Å². The van der Waals surface area contributed by atoms with Crippen molar-refractivity contribution in [3.63, 3.8) is 0 Å². The van der Waals surface area contributed by atoms with Crippen LogP contribution in [0.3, 0.4) is 0 Å². The van der Waals surface area contributed by atoms with E-state index in [4.69, 9.17) is 99.8 Å². The molecule has 141 heavy (non-hydrogen) atoms. The molecule has 6 aliphatic heterocycles. The maximum atomic E-state index is 12.3. The zero-order valence-electron chi connectivity index (χ0n) is 80.3. The van der Waals surface area contributed by atoms with E-state index in [1.165, 1.54) is 52.3 Å². The summed E-state index contributed by atoms with van der Waals surface area (Å²) in [5.74, 6) is -1.20. The van der Waals surface area contributed by atoms with Gasteiger partial charge in [-0.05, 0) is 144 Å². The number of carbonyl (C=O) groups is 12. The third-order valence-electron chi connectivity index (χ3n) is 20.8. The van der Waals surface area contributed by atoms with Gasteiger partial charge in [0.25, 0.3) is 35.4 Å². The number of ether oxygens (including phenoxy) is 15. The highest BCUT2D eigenvalue weighted by molar-refractivity contribution is 6.14. The zero-order valence-corrected chi connectivity index (χ0v) is 80.3. The molecule has 3 aromatic carbocycles. The first kappa shape index (κ1) is 121. The normalized spacial score (nSPS) is 20.7. The fourth-order valence-corrected chi connectivity index (χ4v) is 12.8. The lowest BCUT2D eigenvalue weighted by Gasteiger charge is -2.35. The van der Waals surface area contributed by atoms with E-state index in [1.54, 1.807) is 111 Å². The minimum Gasteiger partial charge on any atom is -0.491 e. The number of Topliss-reactive ketones (excluding diaryl/α,β-unsaturated/α-hetero) is 3. The molecule has 9 rings (SSSR count). The molecule has 6 heterocycles. The molecule has 6 aliphatic rings. The maximum absolute atomic E-state index is 12.3. The van der Waals surface area contributed by atoms with Gasteiger partial charge in [0.05, 0.1) is 55.9 Å². The Kier molecular flexibility index (Phi) is 54.9. The molecule has 9 N–H and O–H groups in total. The molecule has 0 aromatic heterocycles. The van der Waals surface area contributed by atoms with Gasteiger partial charge in [0.15, 0.2) is 0 Å². The van der Waals surface area contributed by atoms with Gasteiger partial charge < -0.3 is 117 Å². The van der Waals surface area contributed by atoms with E-state index in [0.717, 1.165) is 17.7 Å². The highest BCUT2D eigenvalue weighted by Gasteiger charge is 2.43. The molecule has 780 valence electrons. The van der Waals surface area contributed by atoms with Crippen LogP contribution in [-0.2, 0) is 149 Å². The molecule has 0 aliphatic carbocycles. The minimum absolute atomic E-state index is 0.0656. The number of hydrogen-bond acceptors (Lipinski definition) is 42. The van der Waals surface area contributed by atoms with Crippen LogP contribution >= 0.6 is 0 Å². The van der Waals surface area contributed by atoms with E-state index in [2.05, 4.69) is 0 Å². The second-order valence-corrected chi connectivity index (χ2v) is 35.3. The Labute approximate surface area is 813 Å². The Balaban J connectivity index is 0.000000423. The van der Waals surface area contributed by atoms with Crippen LogP contribution in [0.1, 0.15) is 175 Å². The van der Waals surface area contributed by atoms with Gasteiger partial charge in [0, 0.05) is 149 Å². The fraction of sp³-hybridized carbons (Fsp3) is 0.594. The van der Waals surface area contributed by atoms with E-state index in [-0.39, 0.29) is 175 Å². The lowest BCUT2D eigenvalue weighted by molar-refractivity contribution is -0.242. The van der Waals surface area contributed by atoms with Gasteiger partial charge in [0.1, 0.15) is 146 Å². The molecule has 45 heteroatoms.